The molecule has 1 aliphatic carbocycles. The second kappa shape index (κ2) is 3.84. The molecule has 0 spiro atoms. The van der Waals surface area contributed by atoms with E-state index in [9.17, 15) is 14.0 Å². The van der Waals surface area contributed by atoms with E-state index < -0.39 is 23.1 Å². The fraction of sp³-hybridized carbons (Fsp3) is 0.333. The molecule has 1 fully saturated rings. The van der Waals surface area contributed by atoms with Gasteiger partial charge in [-0.15, -0.1) is 0 Å². The first-order valence-electron chi connectivity index (χ1n) is 5.24. The molecule has 4 nitrogen and oxygen atoms in total. The van der Waals surface area contributed by atoms with E-state index >= 15 is 0 Å². The van der Waals surface area contributed by atoms with E-state index in [1.165, 1.54) is 30.1 Å². The van der Waals surface area contributed by atoms with Crippen LogP contribution in [-0.4, -0.2) is 24.0 Å². The first-order valence-corrected chi connectivity index (χ1v) is 5.24. The number of hydrogen-bond acceptors (Lipinski definition) is 2. The Kier molecular flexibility index (Phi) is 2.61. The van der Waals surface area contributed by atoms with Crippen LogP contribution >= 0.6 is 0 Å². The highest BCUT2D eigenvalue weighted by molar-refractivity contribution is 6.11. The van der Waals surface area contributed by atoms with Gasteiger partial charge in [-0.1, -0.05) is 6.07 Å². The Hall–Kier alpha value is -1.91. The third kappa shape index (κ3) is 1.88. The Morgan fingerprint density at radius 2 is 2.06 bits per heavy atom. The van der Waals surface area contributed by atoms with Crippen LogP contribution in [0.4, 0.5) is 10.1 Å². The summed E-state index contributed by atoms with van der Waals surface area (Å²) in [4.78, 5) is 24.2. The lowest BCUT2D eigenvalue weighted by Gasteiger charge is -2.21. The van der Waals surface area contributed by atoms with E-state index in [1.54, 1.807) is 6.07 Å². The molecular weight excluding hydrogens is 225 g/mol. The van der Waals surface area contributed by atoms with E-state index in [0.717, 1.165) is 0 Å². The van der Waals surface area contributed by atoms with Gasteiger partial charge in [0.25, 0.3) is 0 Å². The molecule has 0 saturated heterocycles. The molecule has 1 aromatic carbocycles. The summed E-state index contributed by atoms with van der Waals surface area (Å²) >= 11 is 0. The molecule has 0 aromatic heterocycles. The van der Waals surface area contributed by atoms with Crippen molar-refractivity contribution in [2.24, 2.45) is 5.41 Å². The van der Waals surface area contributed by atoms with Crippen LogP contribution in [-0.2, 0) is 9.59 Å². The molecule has 1 amide bonds. The fourth-order valence-electron chi connectivity index (χ4n) is 1.77. The highest BCUT2D eigenvalue weighted by Crippen LogP contribution is 2.47. The van der Waals surface area contributed by atoms with Crippen LogP contribution in [0.5, 0.6) is 0 Å². The molecule has 0 unspecified atom stereocenters. The normalized spacial score (nSPS) is 16.4. The predicted molar refractivity (Wildman–Crippen MR) is 59.1 cm³/mol. The molecule has 1 N–H and O–H groups in total. The van der Waals surface area contributed by atoms with Crippen molar-refractivity contribution >= 4 is 17.6 Å². The molecule has 5 heteroatoms. The number of halogens is 1. The van der Waals surface area contributed by atoms with Crippen LogP contribution in [0.2, 0.25) is 0 Å². The minimum atomic E-state index is -1.29. The van der Waals surface area contributed by atoms with Crippen LogP contribution in [0.15, 0.2) is 24.3 Å². The lowest BCUT2D eigenvalue weighted by molar-refractivity contribution is -0.148. The minimum Gasteiger partial charge on any atom is -0.480 e. The standard InChI is InChI=1S/C12H12FNO3/c1-14(9-4-2-3-8(13)7-9)10(15)12(5-6-12)11(16)17/h2-4,7H,5-6H2,1H3,(H,16,17). The van der Waals surface area contributed by atoms with Crippen LogP contribution < -0.4 is 4.90 Å². The van der Waals surface area contributed by atoms with Crippen molar-refractivity contribution in [2.75, 3.05) is 11.9 Å². The van der Waals surface area contributed by atoms with Gasteiger partial charge in [0.2, 0.25) is 5.91 Å². The molecule has 1 aromatic rings. The number of carboxylic acid groups (broad SMARTS) is 1. The zero-order valence-electron chi connectivity index (χ0n) is 9.31. The van der Waals surface area contributed by atoms with Gasteiger partial charge in [0, 0.05) is 12.7 Å². The number of carbonyl (C=O) groups excluding carboxylic acids is 1. The fourth-order valence-corrected chi connectivity index (χ4v) is 1.77. The van der Waals surface area contributed by atoms with Crippen molar-refractivity contribution in [1.82, 2.24) is 0 Å². The maximum Gasteiger partial charge on any atom is 0.319 e. The van der Waals surface area contributed by atoms with E-state index in [4.69, 9.17) is 5.11 Å². The van der Waals surface area contributed by atoms with Crippen molar-refractivity contribution in [3.05, 3.63) is 30.1 Å². The van der Waals surface area contributed by atoms with Crippen molar-refractivity contribution in [3.63, 3.8) is 0 Å². The zero-order valence-corrected chi connectivity index (χ0v) is 9.31. The van der Waals surface area contributed by atoms with Gasteiger partial charge in [0.05, 0.1) is 0 Å². The van der Waals surface area contributed by atoms with E-state index in [1.807, 2.05) is 0 Å². The van der Waals surface area contributed by atoms with Crippen LogP contribution in [0, 0.1) is 11.2 Å². The smallest absolute Gasteiger partial charge is 0.319 e. The van der Waals surface area contributed by atoms with Gasteiger partial charge in [0.15, 0.2) is 0 Å². The number of rotatable bonds is 3. The van der Waals surface area contributed by atoms with Gasteiger partial charge in [0.1, 0.15) is 11.2 Å². The lowest BCUT2D eigenvalue weighted by Crippen LogP contribution is -2.38. The Balaban J connectivity index is 2.24. The predicted octanol–water partition coefficient (Wildman–Crippen LogP) is 1.65. The summed E-state index contributed by atoms with van der Waals surface area (Å²) in [6, 6.07) is 5.52. The first kappa shape index (κ1) is 11.6. The Labute approximate surface area is 97.7 Å². The first-order chi connectivity index (χ1) is 7.97. The molecule has 2 rings (SSSR count). The van der Waals surface area contributed by atoms with Crippen molar-refractivity contribution < 1.29 is 19.1 Å². The maximum absolute atomic E-state index is 13.0. The van der Waals surface area contributed by atoms with Crippen molar-refractivity contribution in [1.29, 1.82) is 0 Å². The molecule has 17 heavy (non-hydrogen) atoms. The quantitative estimate of drug-likeness (QED) is 0.813. The summed E-state index contributed by atoms with van der Waals surface area (Å²) in [6.07, 6.45) is 0.696. The Morgan fingerprint density at radius 1 is 1.41 bits per heavy atom. The summed E-state index contributed by atoms with van der Waals surface area (Å²) in [7, 11) is 1.46. The van der Waals surface area contributed by atoms with Crippen LogP contribution in [0.25, 0.3) is 0 Å². The number of nitrogens with zero attached hydrogens (tertiary/aromatic N) is 1. The molecule has 1 saturated carbocycles. The summed E-state index contributed by atoms with van der Waals surface area (Å²) in [5.41, 5.74) is -0.927. The van der Waals surface area contributed by atoms with Crippen LogP contribution in [0.3, 0.4) is 0 Å². The number of anilines is 1. The van der Waals surface area contributed by atoms with E-state index in [0.29, 0.717) is 18.5 Å². The number of aliphatic carboxylic acids is 1. The minimum absolute atomic E-state index is 0.348. The third-order valence-corrected chi connectivity index (χ3v) is 3.07. The van der Waals surface area contributed by atoms with Crippen molar-refractivity contribution in [3.8, 4) is 0 Å². The SMILES string of the molecule is CN(C(=O)C1(C(=O)O)CC1)c1cccc(F)c1. The summed E-state index contributed by atoms with van der Waals surface area (Å²) in [5.74, 6) is -2.05. The van der Waals surface area contributed by atoms with E-state index in [2.05, 4.69) is 0 Å². The van der Waals surface area contributed by atoms with E-state index in [-0.39, 0.29) is 0 Å². The van der Waals surface area contributed by atoms with Gasteiger partial charge in [-0.05, 0) is 31.0 Å². The summed E-state index contributed by atoms with van der Waals surface area (Å²) in [5, 5.41) is 9.00. The third-order valence-electron chi connectivity index (χ3n) is 3.07. The molecule has 90 valence electrons. The monoisotopic (exact) mass is 237 g/mol. The van der Waals surface area contributed by atoms with Gasteiger partial charge in [-0.2, -0.15) is 0 Å². The van der Waals surface area contributed by atoms with Crippen molar-refractivity contribution in [2.45, 2.75) is 12.8 Å². The number of hydrogen-bond donors (Lipinski definition) is 1. The maximum atomic E-state index is 13.0. The number of carbonyl (C=O) groups is 2. The largest absolute Gasteiger partial charge is 0.480 e. The highest BCUT2D eigenvalue weighted by atomic mass is 19.1. The molecule has 0 aliphatic heterocycles. The van der Waals surface area contributed by atoms with Gasteiger partial charge >= 0.3 is 5.97 Å². The molecule has 0 bridgehead atoms. The summed E-state index contributed by atoms with van der Waals surface area (Å²) in [6.45, 7) is 0. The topological polar surface area (TPSA) is 57.6 Å². The molecule has 0 heterocycles. The molecule has 0 radical (unpaired) electrons. The Bertz CT molecular complexity index is 482. The lowest BCUT2D eigenvalue weighted by atomic mass is 10.1. The second-order valence-corrected chi connectivity index (χ2v) is 4.23. The Morgan fingerprint density at radius 3 is 2.53 bits per heavy atom. The number of carboxylic acids is 1. The number of benzene rings is 1. The second-order valence-electron chi connectivity index (χ2n) is 4.23. The molecular formula is C12H12FNO3. The average Bonchev–Trinajstić information content (AvgIpc) is 3.08. The summed E-state index contributed by atoms with van der Waals surface area (Å²) < 4.78 is 13.0. The highest BCUT2D eigenvalue weighted by Gasteiger charge is 2.58. The van der Waals surface area contributed by atoms with Crippen LogP contribution in [0.1, 0.15) is 12.8 Å². The van der Waals surface area contributed by atoms with Gasteiger partial charge in [-0.3, -0.25) is 9.59 Å². The average molecular weight is 237 g/mol. The van der Waals surface area contributed by atoms with Gasteiger partial charge in [-0.25, -0.2) is 4.39 Å². The van der Waals surface area contributed by atoms with Gasteiger partial charge < -0.3 is 10.0 Å². The molecule has 0 atom stereocenters. The number of amides is 1. The zero-order chi connectivity index (χ0) is 12.6. The molecule has 1 aliphatic rings.